The molecule has 2 aromatic heterocycles. The lowest BCUT2D eigenvalue weighted by Crippen LogP contribution is -2.23. The van der Waals surface area contributed by atoms with Gasteiger partial charge in [-0.1, -0.05) is 0 Å². The fourth-order valence-electron chi connectivity index (χ4n) is 2.24. The van der Waals surface area contributed by atoms with E-state index >= 15 is 0 Å². The minimum Gasteiger partial charge on any atom is -0.269 e. The van der Waals surface area contributed by atoms with Gasteiger partial charge in [0, 0.05) is 0 Å². The lowest BCUT2D eigenvalue weighted by molar-refractivity contribution is 0.550. The summed E-state index contributed by atoms with van der Waals surface area (Å²) in [5, 5.41) is 7.52. The van der Waals surface area contributed by atoms with E-state index in [1.807, 2.05) is 0 Å². The minimum atomic E-state index is -0.780. The highest BCUT2D eigenvalue weighted by molar-refractivity contribution is 5.47. The molecule has 0 amide bonds. The highest BCUT2D eigenvalue weighted by atomic mass is 19.1. The number of aromatic nitrogens is 4. The molecule has 0 atom stereocenters. The quantitative estimate of drug-likeness (QED) is 0.645. The summed E-state index contributed by atoms with van der Waals surface area (Å²) in [5.41, 5.74) is 0.909. The number of aryl methyl sites for hydroxylation is 3. The van der Waals surface area contributed by atoms with Crippen LogP contribution >= 0.6 is 0 Å². The van der Waals surface area contributed by atoms with Gasteiger partial charge in [-0.3, -0.25) is 4.79 Å². The van der Waals surface area contributed by atoms with E-state index in [-0.39, 0.29) is 17.3 Å². The molecule has 108 valence electrons. The molecule has 3 aromatic rings. The van der Waals surface area contributed by atoms with Crippen molar-refractivity contribution in [3.8, 4) is 5.69 Å². The summed E-state index contributed by atoms with van der Waals surface area (Å²) in [5.74, 6) is -1.13. The summed E-state index contributed by atoms with van der Waals surface area (Å²) in [7, 11) is 0. The second-order valence-corrected chi connectivity index (χ2v) is 4.91. The maximum Gasteiger partial charge on any atom is 0.262 e. The molecule has 0 fully saturated rings. The molecule has 3 rings (SSSR count). The topological polar surface area (TPSA) is 52.2 Å². The third kappa shape index (κ3) is 1.93. The zero-order valence-electron chi connectivity index (χ0n) is 11.7. The van der Waals surface area contributed by atoms with Crippen LogP contribution in [0.15, 0.2) is 23.0 Å². The highest BCUT2D eigenvalue weighted by Gasteiger charge is 2.17. The van der Waals surface area contributed by atoms with Gasteiger partial charge >= 0.3 is 0 Å². The number of fused-ring (bicyclic) bond motifs is 1. The van der Waals surface area contributed by atoms with E-state index in [9.17, 15) is 13.6 Å². The monoisotopic (exact) mass is 290 g/mol. The second kappa shape index (κ2) is 4.47. The van der Waals surface area contributed by atoms with Gasteiger partial charge in [-0.2, -0.15) is 4.39 Å². The molecular weight excluding hydrogens is 278 g/mol. The normalized spacial score (nSPS) is 11.3. The molecule has 0 saturated heterocycles. The van der Waals surface area contributed by atoms with Crippen LogP contribution in [0.3, 0.4) is 0 Å². The number of rotatable bonds is 1. The molecule has 0 aliphatic heterocycles. The van der Waals surface area contributed by atoms with Crippen molar-refractivity contribution < 1.29 is 8.78 Å². The Hall–Kier alpha value is -2.57. The van der Waals surface area contributed by atoms with Gasteiger partial charge in [-0.15, -0.1) is 10.2 Å². The van der Waals surface area contributed by atoms with Crippen molar-refractivity contribution in [1.82, 2.24) is 19.2 Å². The average Bonchev–Trinajstić information content (AvgIpc) is 2.78. The molecule has 2 heterocycles. The lowest BCUT2D eigenvalue weighted by Gasteiger charge is -2.11. The Balaban J connectivity index is 2.46. The molecule has 21 heavy (non-hydrogen) atoms. The summed E-state index contributed by atoms with van der Waals surface area (Å²) >= 11 is 0. The molecule has 0 N–H and O–H groups in total. The molecule has 5 nitrogen and oxygen atoms in total. The molecule has 0 aliphatic rings. The van der Waals surface area contributed by atoms with Crippen molar-refractivity contribution in [2.45, 2.75) is 20.8 Å². The Morgan fingerprint density at radius 3 is 2.38 bits per heavy atom. The van der Waals surface area contributed by atoms with Gasteiger partial charge in [0.15, 0.2) is 0 Å². The summed E-state index contributed by atoms with van der Waals surface area (Å²) in [6.07, 6.45) is 0. The van der Waals surface area contributed by atoms with E-state index in [1.54, 1.807) is 20.8 Å². The first-order chi connectivity index (χ1) is 9.90. The van der Waals surface area contributed by atoms with E-state index in [2.05, 4.69) is 10.2 Å². The minimum absolute atomic E-state index is 0.0282. The third-order valence-electron chi connectivity index (χ3n) is 3.49. The van der Waals surface area contributed by atoms with Crippen LogP contribution < -0.4 is 5.56 Å². The van der Waals surface area contributed by atoms with E-state index in [1.165, 1.54) is 12.1 Å². The number of benzene rings is 1. The molecular formula is C14H12F2N4O. The van der Waals surface area contributed by atoms with Gasteiger partial charge in [-0.05, 0) is 44.0 Å². The Labute approximate surface area is 118 Å². The van der Waals surface area contributed by atoms with E-state index in [4.69, 9.17) is 0 Å². The van der Waals surface area contributed by atoms with Gasteiger partial charge in [0.1, 0.15) is 11.6 Å². The first-order valence-corrected chi connectivity index (χ1v) is 6.30. The summed E-state index contributed by atoms with van der Waals surface area (Å²) in [6.45, 7) is 5.13. The summed E-state index contributed by atoms with van der Waals surface area (Å²) in [6, 6.07) is 3.66. The fraction of sp³-hybridized carbons (Fsp3) is 0.214. The largest absolute Gasteiger partial charge is 0.269 e. The van der Waals surface area contributed by atoms with E-state index < -0.39 is 17.3 Å². The highest BCUT2D eigenvalue weighted by Crippen LogP contribution is 2.19. The van der Waals surface area contributed by atoms with Crippen molar-refractivity contribution >= 4 is 5.78 Å². The standard InChI is InChI=1S/C14H12F2N4O/c1-7-4-10(15)11(5-8(7)2)20-13(21)6-12(16)19-9(3)17-18-14(19)20/h4-6H,1-3H3. The van der Waals surface area contributed by atoms with Gasteiger partial charge in [0.2, 0.25) is 11.7 Å². The van der Waals surface area contributed by atoms with Gasteiger partial charge in [0.05, 0.1) is 11.8 Å². The Morgan fingerprint density at radius 1 is 1.00 bits per heavy atom. The first-order valence-electron chi connectivity index (χ1n) is 6.30. The first kappa shape index (κ1) is 13.4. The van der Waals surface area contributed by atoms with Crippen molar-refractivity contribution in [2.24, 2.45) is 0 Å². The van der Waals surface area contributed by atoms with Crippen molar-refractivity contribution in [3.63, 3.8) is 0 Å². The SMILES string of the molecule is Cc1cc(F)c(-n2c(=O)cc(F)n3c(C)nnc23)cc1C. The fourth-order valence-corrected chi connectivity index (χ4v) is 2.24. The third-order valence-corrected chi connectivity index (χ3v) is 3.49. The molecule has 7 heteroatoms. The smallest absolute Gasteiger partial charge is 0.262 e. The zero-order chi connectivity index (χ0) is 15.3. The van der Waals surface area contributed by atoms with Gasteiger partial charge < -0.3 is 0 Å². The molecule has 0 aliphatic carbocycles. The lowest BCUT2D eigenvalue weighted by atomic mass is 10.1. The predicted octanol–water partition coefficient (Wildman–Crippen LogP) is 2.08. The van der Waals surface area contributed by atoms with Gasteiger partial charge in [-0.25, -0.2) is 13.4 Å². The molecule has 0 spiro atoms. The van der Waals surface area contributed by atoms with Crippen LogP contribution in [0.1, 0.15) is 17.0 Å². The van der Waals surface area contributed by atoms with E-state index in [0.717, 1.165) is 26.2 Å². The number of hydrogen-bond acceptors (Lipinski definition) is 3. The number of nitrogens with zero attached hydrogens (tertiary/aromatic N) is 4. The van der Waals surface area contributed by atoms with Crippen LogP contribution in [0.2, 0.25) is 0 Å². The molecule has 0 radical (unpaired) electrons. The van der Waals surface area contributed by atoms with Gasteiger partial charge in [0.25, 0.3) is 5.56 Å². The maximum absolute atomic E-state index is 14.2. The Bertz CT molecular complexity index is 927. The van der Waals surface area contributed by atoms with Crippen LogP contribution in [0, 0.1) is 32.5 Å². The number of hydrogen-bond donors (Lipinski definition) is 0. The Morgan fingerprint density at radius 2 is 1.67 bits per heavy atom. The van der Waals surface area contributed by atoms with E-state index in [0.29, 0.717) is 0 Å². The molecule has 0 bridgehead atoms. The van der Waals surface area contributed by atoms with Crippen LogP contribution in [0.25, 0.3) is 11.5 Å². The Kier molecular flexibility index (Phi) is 2.86. The summed E-state index contributed by atoms with van der Waals surface area (Å²) < 4.78 is 30.2. The number of halogens is 2. The average molecular weight is 290 g/mol. The van der Waals surface area contributed by atoms with Crippen molar-refractivity contribution in [2.75, 3.05) is 0 Å². The molecule has 0 saturated carbocycles. The zero-order valence-corrected chi connectivity index (χ0v) is 11.7. The van der Waals surface area contributed by atoms with Crippen LogP contribution in [0.4, 0.5) is 8.78 Å². The maximum atomic E-state index is 14.2. The second-order valence-electron chi connectivity index (χ2n) is 4.91. The van der Waals surface area contributed by atoms with Crippen LogP contribution in [-0.2, 0) is 0 Å². The van der Waals surface area contributed by atoms with Crippen LogP contribution in [0.5, 0.6) is 0 Å². The molecule has 0 unspecified atom stereocenters. The van der Waals surface area contributed by atoms with Crippen molar-refractivity contribution in [3.05, 3.63) is 57.3 Å². The van der Waals surface area contributed by atoms with Crippen molar-refractivity contribution in [1.29, 1.82) is 0 Å². The predicted molar refractivity (Wildman–Crippen MR) is 72.7 cm³/mol. The molecule has 1 aromatic carbocycles. The summed E-state index contributed by atoms with van der Waals surface area (Å²) in [4.78, 5) is 12.1. The van der Waals surface area contributed by atoms with Crippen LogP contribution in [-0.4, -0.2) is 19.2 Å².